The summed E-state index contributed by atoms with van der Waals surface area (Å²) < 4.78 is 4.77. The number of rotatable bonds is 7. The zero-order valence-corrected chi connectivity index (χ0v) is 12.2. The minimum atomic E-state index is -1.09. The van der Waals surface area contributed by atoms with E-state index in [4.69, 9.17) is 9.84 Å². The first kappa shape index (κ1) is 16.1. The summed E-state index contributed by atoms with van der Waals surface area (Å²) in [4.78, 5) is 22.7. The standard InChI is InChI=1S/C12H22N2O4S/c1-3-19-10-6-4-5-8(10)13-12(17)14-9(7-18-2)11(15)16/h8-10H,3-7H2,1-2H3,(H,15,16)(H2,13,14,17). The van der Waals surface area contributed by atoms with Crippen LogP contribution in [0.5, 0.6) is 0 Å². The maximum atomic E-state index is 11.8. The summed E-state index contributed by atoms with van der Waals surface area (Å²) in [6, 6.07) is -1.32. The van der Waals surface area contributed by atoms with Gasteiger partial charge in [-0.2, -0.15) is 11.8 Å². The van der Waals surface area contributed by atoms with Crippen molar-refractivity contribution >= 4 is 23.8 Å². The summed E-state index contributed by atoms with van der Waals surface area (Å²) in [5.41, 5.74) is 0. The van der Waals surface area contributed by atoms with Gasteiger partial charge in [-0.15, -0.1) is 0 Å². The molecule has 1 saturated carbocycles. The molecule has 3 N–H and O–H groups in total. The quantitative estimate of drug-likeness (QED) is 0.652. The number of ether oxygens (including phenoxy) is 1. The topological polar surface area (TPSA) is 87.7 Å². The van der Waals surface area contributed by atoms with Gasteiger partial charge in [0.15, 0.2) is 6.04 Å². The molecule has 0 aromatic heterocycles. The first-order valence-corrected chi connectivity index (χ1v) is 7.53. The SMILES string of the molecule is CCSC1CCCC1NC(=O)NC(COC)C(=O)O. The number of aliphatic carboxylic acids is 1. The lowest BCUT2D eigenvalue weighted by molar-refractivity contribution is -0.140. The highest BCUT2D eigenvalue weighted by atomic mass is 32.2. The summed E-state index contributed by atoms with van der Waals surface area (Å²) in [7, 11) is 1.40. The number of hydrogen-bond acceptors (Lipinski definition) is 4. The minimum absolute atomic E-state index is 0.0411. The molecule has 0 spiro atoms. The molecule has 19 heavy (non-hydrogen) atoms. The molecule has 0 aromatic rings. The Morgan fingerprint density at radius 1 is 1.47 bits per heavy atom. The average Bonchev–Trinajstić information content (AvgIpc) is 2.76. The molecule has 1 fully saturated rings. The molecule has 0 heterocycles. The maximum Gasteiger partial charge on any atom is 0.328 e. The van der Waals surface area contributed by atoms with Crippen LogP contribution < -0.4 is 10.6 Å². The van der Waals surface area contributed by atoms with Crippen LogP contribution in [0.4, 0.5) is 4.79 Å². The molecule has 1 aliphatic carbocycles. The van der Waals surface area contributed by atoms with Crippen LogP contribution in [0.25, 0.3) is 0 Å². The number of carbonyl (C=O) groups is 2. The van der Waals surface area contributed by atoms with E-state index in [-0.39, 0.29) is 12.6 Å². The van der Waals surface area contributed by atoms with Gasteiger partial charge in [-0.05, 0) is 18.6 Å². The van der Waals surface area contributed by atoms with Gasteiger partial charge >= 0.3 is 12.0 Å². The monoisotopic (exact) mass is 290 g/mol. The summed E-state index contributed by atoms with van der Waals surface area (Å²) in [6.07, 6.45) is 3.15. The lowest BCUT2D eigenvalue weighted by Gasteiger charge is -2.22. The molecule has 0 aliphatic heterocycles. The number of carboxylic acid groups (broad SMARTS) is 1. The lowest BCUT2D eigenvalue weighted by Crippen LogP contribution is -2.51. The van der Waals surface area contributed by atoms with Crippen LogP contribution in [0.1, 0.15) is 26.2 Å². The second-order valence-electron chi connectivity index (χ2n) is 4.50. The molecular weight excluding hydrogens is 268 g/mol. The highest BCUT2D eigenvalue weighted by molar-refractivity contribution is 7.99. The lowest BCUT2D eigenvalue weighted by atomic mass is 10.2. The summed E-state index contributed by atoms with van der Waals surface area (Å²) in [6.45, 7) is 2.06. The molecule has 3 unspecified atom stereocenters. The van der Waals surface area contributed by atoms with Gasteiger partial charge < -0.3 is 20.5 Å². The van der Waals surface area contributed by atoms with Crippen LogP contribution in [0, 0.1) is 0 Å². The van der Waals surface area contributed by atoms with Crippen LogP contribution in [0.3, 0.4) is 0 Å². The zero-order chi connectivity index (χ0) is 14.3. The molecule has 3 atom stereocenters. The number of amides is 2. The number of thioether (sulfide) groups is 1. The number of nitrogens with one attached hydrogen (secondary N) is 2. The van der Waals surface area contributed by atoms with E-state index in [0.717, 1.165) is 25.0 Å². The number of carboxylic acids is 1. The minimum Gasteiger partial charge on any atom is -0.480 e. The van der Waals surface area contributed by atoms with Gasteiger partial charge in [-0.25, -0.2) is 9.59 Å². The third-order valence-corrected chi connectivity index (χ3v) is 4.41. The Labute approximate surface area is 117 Å². The fraction of sp³-hybridized carbons (Fsp3) is 0.833. The van der Waals surface area contributed by atoms with Crippen LogP contribution in [-0.2, 0) is 9.53 Å². The number of carbonyl (C=O) groups excluding carboxylic acids is 1. The first-order chi connectivity index (χ1) is 9.08. The Kier molecular flexibility index (Phi) is 7.01. The molecule has 2 amide bonds. The third-order valence-electron chi connectivity index (χ3n) is 3.09. The van der Waals surface area contributed by atoms with Crippen LogP contribution in [0.2, 0.25) is 0 Å². The Balaban J connectivity index is 2.43. The van der Waals surface area contributed by atoms with Crippen molar-refractivity contribution in [3.05, 3.63) is 0 Å². The van der Waals surface area contributed by atoms with Gasteiger partial charge in [0, 0.05) is 18.4 Å². The van der Waals surface area contributed by atoms with E-state index in [0.29, 0.717) is 5.25 Å². The smallest absolute Gasteiger partial charge is 0.328 e. The zero-order valence-electron chi connectivity index (χ0n) is 11.3. The number of urea groups is 1. The van der Waals surface area contributed by atoms with E-state index in [1.807, 2.05) is 11.8 Å². The summed E-state index contributed by atoms with van der Waals surface area (Å²) >= 11 is 1.84. The fourth-order valence-electron chi connectivity index (χ4n) is 2.21. The van der Waals surface area contributed by atoms with E-state index in [9.17, 15) is 9.59 Å². The predicted octanol–water partition coefficient (Wildman–Crippen LogP) is 1.06. The Morgan fingerprint density at radius 3 is 2.79 bits per heavy atom. The van der Waals surface area contributed by atoms with Crippen molar-refractivity contribution in [2.45, 2.75) is 43.5 Å². The second-order valence-corrected chi connectivity index (χ2v) is 6.01. The summed E-state index contributed by atoms with van der Waals surface area (Å²) in [5, 5.41) is 14.6. The normalized spacial score (nSPS) is 23.9. The predicted molar refractivity (Wildman–Crippen MR) is 74.5 cm³/mol. The van der Waals surface area contributed by atoms with Crippen molar-refractivity contribution in [2.75, 3.05) is 19.5 Å². The largest absolute Gasteiger partial charge is 0.480 e. The third kappa shape index (κ3) is 5.28. The molecular formula is C12H22N2O4S. The van der Waals surface area contributed by atoms with E-state index >= 15 is 0 Å². The van der Waals surface area contributed by atoms with Gasteiger partial charge in [0.25, 0.3) is 0 Å². The molecule has 0 aromatic carbocycles. The van der Waals surface area contributed by atoms with Crippen LogP contribution >= 0.6 is 11.8 Å². The van der Waals surface area contributed by atoms with Crippen molar-refractivity contribution in [1.29, 1.82) is 0 Å². The molecule has 1 rings (SSSR count). The van der Waals surface area contributed by atoms with Gasteiger partial charge in [0.1, 0.15) is 0 Å². The van der Waals surface area contributed by atoms with Crippen molar-refractivity contribution in [1.82, 2.24) is 10.6 Å². The molecule has 0 bridgehead atoms. The van der Waals surface area contributed by atoms with E-state index in [1.54, 1.807) is 0 Å². The van der Waals surface area contributed by atoms with Gasteiger partial charge in [0.05, 0.1) is 6.61 Å². The molecule has 1 aliphatic rings. The fourth-order valence-corrected chi connectivity index (χ4v) is 3.41. The Morgan fingerprint density at radius 2 is 2.21 bits per heavy atom. The second kappa shape index (κ2) is 8.27. The molecule has 0 saturated heterocycles. The number of hydrogen-bond donors (Lipinski definition) is 3. The van der Waals surface area contributed by atoms with Crippen LogP contribution in [-0.4, -0.2) is 53.9 Å². The highest BCUT2D eigenvalue weighted by Crippen LogP contribution is 2.29. The van der Waals surface area contributed by atoms with Crippen molar-refractivity contribution in [3.63, 3.8) is 0 Å². The van der Waals surface area contributed by atoms with Gasteiger partial charge in [-0.1, -0.05) is 13.3 Å². The average molecular weight is 290 g/mol. The van der Waals surface area contributed by atoms with Gasteiger partial charge in [0.2, 0.25) is 0 Å². The van der Waals surface area contributed by atoms with E-state index in [2.05, 4.69) is 17.6 Å². The first-order valence-electron chi connectivity index (χ1n) is 6.48. The van der Waals surface area contributed by atoms with Crippen molar-refractivity contribution in [2.24, 2.45) is 0 Å². The molecule has 7 heteroatoms. The molecule has 0 radical (unpaired) electrons. The van der Waals surface area contributed by atoms with Gasteiger partial charge in [-0.3, -0.25) is 0 Å². The Hall–Kier alpha value is -0.950. The highest BCUT2D eigenvalue weighted by Gasteiger charge is 2.29. The number of methoxy groups -OCH3 is 1. The van der Waals surface area contributed by atoms with Crippen molar-refractivity contribution < 1.29 is 19.4 Å². The summed E-state index contributed by atoms with van der Waals surface area (Å²) in [5.74, 6) is -0.0748. The Bertz CT molecular complexity index is 314. The van der Waals surface area contributed by atoms with E-state index < -0.39 is 18.0 Å². The van der Waals surface area contributed by atoms with Crippen LogP contribution in [0.15, 0.2) is 0 Å². The van der Waals surface area contributed by atoms with Crippen molar-refractivity contribution in [3.8, 4) is 0 Å². The molecule has 110 valence electrons. The molecule has 6 nitrogen and oxygen atoms in total. The maximum absolute atomic E-state index is 11.8. The van der Waals surface area contributed by atoms with E-state index in [1.165, 1.54) is 7.11 Å².